The summed E-state index contributed by atoms with van der Waals surface area (Å²) in [5.74, 6) is 0.313. The van der Waals surface area contributed by atoms with Gasteiger partial charge >= 0.3 is 0 Å². The van der Waals surface area contributed by atoms with Crippen molar-refractivity contribution in [2.45, 2.75) is 32.6 Å². The molecule has 5 nitrogen and oxygen atoms in total. The van der Waals surface area contributed by atoms with Gasteiger partial charge in [-0.05, 0) is 57.3 Å². The van der Waals surface area contributed by atoms with Gasteiger partial charge in [-0.1, -0.05) is 29.3 Å². The van der Waals surface area contributed by atoms with Gasteiger partial charge in [0.2, 0.25) is 11.8 Å². The molecule has 0 unspecified atom stereocenters. The van der Waals surface area contributed by atoms with E-state index < -0.39 is 0 Å². The first kappa shape index (κ1) is 20.0. The quantitative estimate of drug-likeness (QED) is 0.753. The predicted molar refractivity (Wildman–Crippen MR) is 102 cm³/mol. The minimum atomic E-state index is -0.299. The molecule has 1 aliphatic heterocycles. The van der Waals surface area contributed by atoms with Gasteiger partial charge in [-0.3, -0.25) is 9.59 Å². The number of nitrogens with one attached hydrogen (secondary N) is 2. The van der Waals surface area contributed by atoms with Crippen LogP contribution in [-0.2, 0) is 9.59 Å². The van der Waals surface area contributed by atoms with E-state index in [1.54, 1.807) is 23.1 Å². The lowest BCUT2D eigenvalue weighted by molar-refractivity contribution is -0.134. The highest BCUT2D eigenvalue weighted by Crippen LogP contribution is 2.29. The smallest absolute Gasteiger partial charge is 0.244 e. The van der Waals surface area contributed by atoms with Crippen LogP contribution < -0.4 is 10.6 Å². The number of piperidine rings is 1. The van der Waals surface area contributed by atoms with Crippen molar-refractivity contribution in [1.29, 1.82) is 0 Å². The molecule has 0 aliphatic carbocycles. The maximum atomic E-state index is 12.4. The molecule has 1 saturated heterocycles. The van der Waals surface area contributed by atoms with Crippen LogP contribution in [0.15, 0.2) is 18.2 Å². The normalized spacial score (nSPS) is 15.0. The summed E-state index contributed by atoms with van der Waals surface area (Å²) >= 11 is 12.1. The Kier molecular flexibility index (Phi) is 8.00. The van der Waals surface area contributed by atoms with Crippen molar-refractivity contribution >= 4 is 40.7 Å². The second-order valence-corrected chi connectivity index (χ2v) is 7.10. The lowest BCUT2D eigenvalue weighted by Gasteiger charge is -2.24. The standard InChI is InChI=1S/C18H25Cl2N3O2/c1-2-23(17(25)7-6-13-8-10-21-11-9-13)12-16(24)22-18-14(19)4-3-5-15(18)20/h3-5,13,21H,2,6-12H2,1H3,(H,22,24). The molecule has 1 aromatic rings. The molecule has 2 rings (SSSR count). The highest BCUT2D eigenvalue weighted by molar-refractivity contribution is 6.39. The minimum absolute atomic E-state index is 0.00308. The van der Waals surface area contributed by atoms with Crippen LogP contribution in [0.1, 0.15) is 32.6 Å². The zero-order valence-corrected chi connectivity index (χ0v) is 16.0. The Morgan fingerprint density at radius 2 is 1.88 bits per heavy atom. The molecule has 0 spiro atoms. The highest BCUT2D eigenvalue weighted by Gasteiger charge is 2.20. The van der Waals surface area contributed by atoms with Crippen LogP contribution in [0.2, 0.25) is 10.0 Å². The average Bonchev–Trinajstić information content (AvgIpc) is 2.61. The summed E-state index contributed by atoms with van der Waals surface area (Å²) in [7, 11) is 0. The predicted octanol–water partition coefficient (Wildman–Crippen LogP) is 3.56. The largest absolute Gasteiger partial charge is 0.334 e. The minimum Gasteiger partial charge on any atom is -0.334 e. The second kappa shape index (κ2) is 10.00. The Bertz CT molecular complexity index is 584. The monoisotopic (exact) mass is 385 g/mol. The third-order valence-corrected chi connectivity index (χ3v) is 5.15. The molecule has 0 atom stereocenters. The van der Waals surface area contributed by atoms with E-state index in [1.807, 2.05) is 6.92 Å². The first-order valence-electron chi connectivity index (χ1n) is 8.73. The van der Waals surface area contributed by atoms with E-state index in [4.69, 9.17) is 23.2 Å². The van der Waals surface area contributed by atoms with Crippen LogP contribution in [-0.4, -0.2) is 42.9 Å². The summed E-state index contributed by atoms with van der Waals surface area (Å²) < 4.78 is 0. The number of rotatable bonds is 7. The summed E-state index contributed by atoms with van der Waals surface area (Å²) in [5, 5.41) is 6.78. The summed E-state index contributed by atoms with van der Waals surface area (Å²) in [6.45, 7) is 4.42. The molecule has 1 aliphatic rings. The number of hydrogen-bond acceptors (Lipinski definition) is 3. The number of carbonyl (C=O) groups excluding carboxylic acids is 2. The first-order valence-corrected chi connectivity index (χ1v) is 9.49. The third kappa shape index (κ3) is 6.17. The zero-order valence-electron chi connectivity index (χ0n) is 14.5. The average molecular weight is 386 g/mol. The Morgan fingerprint density at radius 3 is 2.48 bits per heavy atom. The molecule has 25 heavy (non-hydrogen) atoms. The van der Waals surface area contributed by atoms with E-state index in [-0.39, 0.29) is 18.4 Å². The number of amides is 2. The number of hydrogen-bond donors (Lipinski definition) is 2. The van der Waals surface area contributed by atoms with E-state index in [2.05, 4.69) is 10.6 Å². The number of halogens is 2. The molecule has 1 heterocycles. The van der Waals surface area contributed by atoms with E-state index in [1.165, 1.54) is 0 Å². The first-order chi connectivity index (χ1) is 12.0. The van der Waals surface area contributed by atoms with Crippen molar-refractivity contribution in [2.24, 2.45) is 5.92 Å². The summed E-state index contributed by atoms with van der Waals surface area (Å²) in [6.07, 6.45) is 3.60. The van der Waals surface area contributed by atoms with E-state index in [0.29, 0.717) is 34.6 Å². The topological polar surface area (TPSA) is 61.4 Å². The molecule has 1 fully saturated rings. The van der Waals surface area contributed by atoms with Gasteiger partial charge in [-0.25, -0.2) is 0 Å². The van der Waals surface area contributed by atoms with Crippen LogP contribution in [0.3, 0.4) is 0 Å². The summed E-state index contributed by atoms with van der Waals surface area (Å²) in [5.41, 5.74) is 0.383. The number of likely N-dealkylation sites (N-methyl/N-ethyl adjacent to an activating group) is 1. The van der Waals surface area contributed by atoms with Gasteiger partial charge in [-0.2, -0.15) is 0 Å². The number of benzene rings is 1. The lowest BCUT2D eigenvalue weighted by atomic mass is 9.93. The fraction of sp³-hybridized carbons (Fsp3) is 0.556. The molecule has 2 N–H and O–H groups in total. The number of carbonyl (C=O) groups is 2. The summed E-state index contributed by atoms with van der Waals surface area (Å²) in [4.78, 5) is 26.3. The molecule has 138 valence electrons. The van der Waals surface area contributed by atoms with Gasteiger partial charge in [0, 0.05) is 13.0 Å². The Hall–Kier alpha value is -1.30. The molecular formula is C18H25Cl2N3O2. The Morgan fingerprint density at radius 1 is 1.24 bits per heavy atom. The van der Waals surface area contributed by atoms with Crippen molar-refractivity contribution in [3.05, 3.63) is 28.2 Å². The van der Waals surface area contributed by atoms with Crippen LogP contribution in [0.5, 0.6) is 0 Å². The van der Waals surface area contributed by atoms with E-state index in [9.17, 15) is 9.59 Å². The Labute approximate surface area is 159 Å². The van der Waals surface area contributed by atoms with Crippen LogP contribution in [0.25, 0.3) is 0 Å². The molecule has 0 aromatic heterocycles. The van der Waals surface area contributed by atoms with Crippen molar-refractivity contribution in [3.8, 4) is 0 Å². The fourth-order valence-corrected chi connectivity index (χ4v) is 3.49. The number of nitrogens with zero attached hydrogens (tertiary/aromatic N) is 1. The SMILES string of the molecule is CCN(CC(=O)Nc1c(Cl)cccc1Cl)C(=O)CCC1CCNCC1. The van der Waals surface area contributed by atoms with Gasteiger partial charge < -0.3 is 15.5 Å². The molecule has 2 amide bonds. The lowest BCUT2D eigenvalue weighted by Crippen LogP contribution is -2.38. The number of anilines is 1. The molecule has 0 saturated carbocycles. The highest BCUT2D eigenvalue weighted by atomic mass is 35.5. The van der Waals surface area contributed by atoms with Crippen molar-refractivity contribution in [2.75, 3.05) is 31.5 Å². The molecular weight excluding hydrogens is 361 g/mol. The van der Waals surface area contributed by atoms with Crippen molar-refractivity contribution in [3.63, 3.8) is 0 Å². The van der Waals surface area contributed by atoms with Crippen LogP contribution in [0, 0.1) is 5.92 Å². The molecule has 7 heteroatoms. The van der Waals surface area contributed by atoms with Gasteiger partial charge in [0.25, 0.3) is 0 Å². The molecule has 1 aromatic carbocycles. The third-order valence-electron chi connectivity index (χ3n) is 4.52. The van der Waals surface area contributed by atoms with Gasteiger partial charge in [0.15, 0.2) is 0 Å². The maximum absolute atomic E-state index is 12.4. The van der Waals surface area contributed by atoms with E-state index in [0.717, 1.165) is 32.4 Å². The second-order valence-electron chi connectivity index (χ2n) is 6.28. The maximum Gasteiger partial charge on any atom is 0.244 e. The van der Waals surface area contributed by atoms with Gasteiger partial charge in [0.05, 0.1) is 22.3 Å². The van der Waals surface area contributed by atoms with Crippen molar-refractivity contribution < 1.29 is 9.59 Å². The zero-order chi connectivity index (χ0) is 18.2. The molecule has 0 radical (unpaired) electrons. The van der Waals surface area contributed by atoms with Crippen LogP contribution in [0.4, 0.5) is 5.69 Å². The molecule has 0 bridgehead atoms. The van der Waals surface area contributed by atoms with Crippen molar-refractivity contribution in [1.82, 2.24) is 10.2 Å². The summed E-state index contributed by atoms with van der Waals surface area (Å²) in [6, 6.07) is 5.03. The van der Waals surface area contributed by atoms with Gasteiger partial charge in [-0.15, -0.1) is 0 Å². The number of para-hydroxylation sites is 1. The fourth-order valence-electron chi connectivity index (χ4n) is 3.00. The van der Waals surface area contributed by atoms with Crippen LogP contribution >= 0.6 is 23.2 Å². The van der Waals surface area contributed by atoms with E-state index >= 15 is 0 Å². The van der Waals surface area contributed by atoms with Gasteiger partial charge in [0.1, 0.15) is 0 Å². The Balaban J connectivity index is 1.85.